The van der Waals surface area contributed by atoms with Crippen LogP contribution in [-0.2, 0) is 13.1 Å². The summed E-state index contributed by atoms with van der Waals surface area (Å²) in [7, 11) is 3.28. The second-order valence-corrected chi connectivity index (χ2v) is 7.35. The third-order valence-electron chi connectivity index (χ3n) is 4.71. The highest BCUT2D eigenvalue weighted by molar-refractivity contribution is 7.80. The number of methoxy groups -OCH3 is 2. The molecule has 3 aromatic rings. The van der Waals surface area contributed by atoms with Crippen molar-refractivity contribution >= 4 is 23.0 Å². The minimum absolute atomic E-state index is 0.259. The van der Waals surface area contributed by atoms with E-state index >= 15 is 0 Å². The first kappa shape index (κ1) is 21.6. The van der Waals surface area contributed by atoms with Crippen molar-refractivity contribution in [2.75, 3.05) is 19.5 Å². The number of nitrogens with zero attached hydrogens (tertiary/aromatic N) is 1. The van der Waals surface area contributed by atoms with E-state index in [1.807, 2.05) is 54.3 Å². The van der Waals surface area contributed by atoms with E-state index in [-0.39, 0.29) is 5.82 Å². The monoisotopic (exact) mass is 424 g/mol. The molecule has 0 bridgehead atoms. The van der Waals surface area contributed by atoms with Crippen LogP contribution in [0.1, 0.15) is 16.7 Å². The smallest absolute Gasteiger partial charge is 0.174 e. The molecule has 0 aliphatic heterocycles. The molecule has 0 saturated carbocycles. The second kappa shape index (κ2) is 10.1. The number of aryl methyl sites for hydroxylation is 1. The normalized spacial score (nSPS) is 10.4. The Bertz CT molecular complexity index is 991. The van der Waals surface area contributed by atoms with E-state index in [1.54, 1.807) is 26.4 Å². The van der Waals surface area contributed by atoms with Crippen LogP contribution in [0.25, 0.3) is 0 Å². The van der Waals surface area contributed by atoms with Gasteiger partial charge in [-0.2, -0.15) is 0 Å². The highest BCUT2D eigenvalue weighted by atomic mass is 32.1. The molecule has 0 radical (unpaired) electrons. The summed E-state index contributed by atoms with van der Waals surface area (Å²) in [6, 6.07) is 20.2. The Morgan fingerprint density at radius 1 is 0.900 bits per heavy atom. The SMILES string of the molecule is COc1ccc(CN(Cc2ccc(F)cc2)C(=S)Nc2ccc(C)cc2OC)cc1. The summed E-state index contributed by atoms with van der Waals surface area (Å²) >= 11 is 5.73. The molecule has 1 N–H and O–H groups in total. The minimum atomic E-state index is -0.259. The molecule has 0 atom stereocenters. The van der Waals surface area contributed by atoms with Crippen LogP contribution in [0.2, 0.25) is 0 Å². The summed E-state index contributed by atoms with van der Waals surface area (Å²) in [5, 5.41) is 3.85. The molecule has 0 aliphatic rings. The van der Waals surface area contributed by atoms with Crippen molar-refractivity contribution in [3.63, 3.8) is 0 Å². The Labute approximate surface area is 182 Å². The summed E-state index contributed by atoms with van der Waals surface area (Å²) < 4.78 is 24.1. The lowest BCUT2D eigenvalue weighted by Crippen LogP contribution is -2.34. The first-order valence-corrected chi connectivity index (χ1v) is 9.97. The van der Waals surface area contributed by atoms with Crippen LogP contribution in [0.15, 0.2) is 66.7 Å². The zero-order valence-corrected chi connectivity index (χ0v) is 18.1. The lowest BCUT2D eigenvalue weighted by atomic mass is 10.1. The number of anilines is 1. The first-order chi connectivity index (χ1) is 14.5. The molecule has 3 rings (SSSR count). The van der Waals surface area contributed by atoms with Gasteiger partial charge in [-0.3, -0.25) is 0 Å². The molecular weight excluding hydrogens is 399 g/mol. The van der Waals surface area contributed by atoms with Gasteiger partial charge in [-0.15, -0.1) is 0 Å². The molecule has 0 aromatic heterocycles. The summed E-state index contributed by atoms with van der Waals surface area (Å²) in [6.07, 6.45) is 0. The van der Waals surface area contributed by atoms with Crippen molar-refractivity contribution in [3.8, 4) is 11.5 Å². The van der Waals surface area contributed by atoms with E-state index < -0.39 is 0 Å². The number of halogens is 1. The average Bonchev–Trinajstić information content (AvgIpc) is 2.76. The van der Waals surface area contributed by atoms with E-state index in [9.17, 15) is 4.39 Å². The van der Waals surface area contributed by atoms with Gasteiger partial charge < -0.3 is 19.7 Å². The van der Waals surface area contributed by atoms with Gasteiger partial charge in [0.2, 0.25) is 0 Å². The molecule has 3 aromatic carbocycles. The molecule has 30 heavy (non-hydrogen) atoms. The van der Waals surface area contributed by atoms with Gasteiger partial charge in [0.05, 0.1) is 19.9 Å². The second-order valence-electron chi connectivity index (χ2n) is 6.96. The van der Waals surface area contributed by atoms with Crippen molar-refractivity contribution in [1.82, 2.24) is 4.90 Å². The van der Waals surface area contributed by atoms with Crippen molar-refractivity contribution < 1.29 is 13.9 Å². The van der Waals surface area contributed by atoms with Gasteiger partial charge in [0.25, 0.3) is 0 Å². The summed E-state index contributed by atoms with van der Waals surface area (Å²) in [5.41, 5.74) is 3.94. The number of hydrogen-bond donors (Lipinski definition) is 1. The van der Waals surface area contributed by atoms with Gasteiger partial charge in [-0.1, -0.05) is 30.3 Å². The Balaban J connectivity index is 1.83. The van der Waals surface area contributed by atoms with E-state index in [1.165, 1.54) is 12.1 Å². The number of nitrogens with one attached hydrogen (secondary N) is 1. The van der Waals surface area contributed by atoms with Crippen molar-refractivity contribution in [2.24, 2.45) is 0 Å². The Hall–Kier alpha value is -3.12. The van der Waals surface area contributed by atoms with Crippen LogP contribution in [-0.4, -0.2) is 24.2 Å². The fraction of sp³-hybridized carbons (Fsp3) is 0.208. The molecule has 4 nitrogen and oxygen atoms in total. The number of ether oxygens (including phenoxy) is 2. The quantitative estimate of drug-likeness (QED) is 0.503. The van der Waals surface area contributed by atoms with E-state index in [0.717, 1.165) is 33.9 Å². The number of rotatable bonds is 7. The highest BCUT2D eigenvalue weighted by Crippen LogP contribution is 2.26. The topological polar surface area (TPSA) is 33.7 Å². The minimum Gasteiger partial charge on any atom is -0.497 e. The molecule has 0 amide bonds. The highest BCUT2D eigenvalue weighted by Gasteiger charge is 2.14. The fourth-order valence-electron chi connectivity index (χ4n) is 3.06. The van der Waals surface area contributed by atoms with Crippen LogP contribution in [0.4, 0.5) is 10.1 Å². The lowest BCUT2D eigenvalue weighted by Gasteiger charge is -2.27. The predicted molar refractivity (Wildman–Crippen MR) is 123 cm³/mol. The van der Waals surface area contributed by atoms with Gasteiger partial charge in [-0.25, -0.2) is 4.39 Å². The molecule has 6 heteroatoms. The first-order valence-electron chi connectivity index (χ1n) is 9.56. The predicted octanol–water partition coefficient (Wildman–Crippen LogP) is 5.55. The molecule has 0 fully saturated rings. The van der Waals surface area contributed by atoms with Crippen LogP contribution < -0.4 is 14.8 Å². The lowest BCUT2D eigenvalue weighted by molar-refractivity contribution is 0.405. The van der Waals surface area contributed by atoms with Crippen molar-refractivity contribution in [3.05, 3.63) is 89.2 Å². The molecular formula is C24H25FN2O2S. The van der Waals surface area contributed by atoms with E-state index in [0.29, 0.717) is 18.2 Å². The van der Waals surface area contributed by atoms with Gasteiger partial charge in [0.1, 0.15) is 17.3 Å². The Morgan fingerprint density at radius 3 is 2.07 bits per heavy atom. The van der Waals surface area contributed by atoms with Crippen LogP contribution >= 0.6 is 12.2 Å². The zero-order valence-electron chi connectivity index (χ0n) is 17.3. The Morgan fingerprint density at radius 2 is 1.50 bits per heavy atom. The van der Waals surface area contributed by atoms with Gasteiger partial charge >= 0.3 is 0 Å². The molecule has 0 spiro atoms. The third-order valence-corrected chi connectivity index (χ3v) is 5.07. The van der Waals surface area contributed by atoms with Crippen LogP contribution in [0.3, 0.4) is 0 Å². The zero-order chi connectivity index (χ0) is 21.5. The molecule has 0 saturated heterocycles. The summed E-state index contributed by atoms with van der Waals surface area (Å²) in [4.78, 5) is 2.03. The number of thiocarbonyl (C=S) groups is 1. The van der Waals surface area contributed by atoms with E-state index in [4.69, 9.17) is 21.7 Å². The van der Waals surface area contributed by atoms with E-state index in [2.05, 4.69) is 5.32 Å². The van der Waals surface area contributed by atoms with Gasteiger partial charge in [-0.05, 0) is 72.2 Å². The maximum atomic E-state index is 13.3. The molecule has 0 aliphatic carbocycles. The molecule has 0 heterocycles. The maximum absolute atomic E-state index is 13.3. The standard InChI is InChI=1S/C24H25FN2O2S/c1-17-4-13-22(23(14-17)29-3)26-24(30)27(15-18-5-9-20(25)10-6-18)16-19-7-11-21(28-2)12-8-19/h4-14H,15-16H2,1-3H3,(H,26,30). The fourth-order valence-corrected chi connectivity index (χ4v) is 3.30. The summed E-state index contributed by atoms with van der Waals surface area (Å²) in [5.74, 6) is 1.27. The maximum Gasteiger partial charge on any atom is 0.174 e. The molecule has 156 valence electrons. The average molecular weight is 425 g/mol. The van der Waals surface area contributed by atoms with Gasteiger partial charge in [0, 0.05) is 13.1 Å². The number of hydrogen-bond acceptors (Lipinski definition) is 3. The van der Waals surface area contributed by atoms with Crippen LogP contribution in [0, 0.1) is 12.7 Å². The number of benzene rings is 3. The van der Waals surface area contributed by atoms with Crippen molar-refractivity contribution in [2.45, 2.75) is 20.0 Å². The van der Waals surface area contributed by atoms with Gasteiger partial charge in [0.15, 0.2) is 5.11 Å². The molecule has 0 unspecified atom stereocenters. The third kappa shape index (κ3) is 5.70. The van der Waals surface area contributed by atoms with Crippen molar-refractivity contribution in [1.29, 1.82) is 0 Å². The Kier molecular flexibility index (Phi) is 7.25. The largest absolute Gasteiger partial charge is 0.497 e. The van der Waals surface area contributed by atoms with Crippen LogP contribution in [0.5, 0.6) is 11.5 Å². The summed E-state index contributed by atoms with van der Waals surface area (Å²) in [6.45, 7) is 3.13.